The van der Waals surface area contributed by atoms with Crippen molar-refractivity contribution in [1.29, 1.82) is 0 Å². The lowest BCUT2D eigenvalue weighted by Crippen LogP contribution is -2.05. The van der Waals surface area contributed by atoms with Crippen molar-refractivity contribution in [2.75, 3.05) is 33.2 Å². The van der Waals surface area contributed by atoms with Crippen molar-refractivity contribution in [3.05, 3.63) is 29.8 Å². The van der Waals surface area contributed by atoms with Crippen molar-refractivity contribution in [3.8, 4) is 5.75 Å². The maximum atomic E-state index is 11.0. The Morgan fingerprint density at radius 1 is 1.33 bits per heavy atom. The number of rotatable bonds is 6. The van der Waals surface area contributed by atoms with Gasteiger partial charge in [-0.2, -0.15) is 0 Å². The number of ether oxygens (including phenoxy) is 3. The monoisotopic (exact) mass is 251 g/mol. The van der Waals surface area contributed by atoms with Crippen molar-refractivity contribution in [2.45, 2.75) is 0 Å². The van der Waals surface area contributed by atoms with Crippen LogP contribution in [0.1, 0.15) is 5.56 Å². The highest BCUT2D eigenvalue weighted by Gasteiger charge is 2.02. The Balaban J connectivity index is 2.82. The molecule has 0 amide bonds. The van der Waals surface area contributed by atoms with Crippen LogP contribution in [0.2, 0.25) is 0 Å². The Kier molecular flexibility index (Phi) is 5.73. The first-order chi connectivity index (χ1) is 8.67. The lowest BCUT2D eigenvalue weighted by atomic mass is 10.1. The minimum absolute atomic E-state index is 0.416. The summed E-state index contributed by atoms with van der Waals surface area (Å²) in [4.78, 5) is 11.0. The van der Waals surface area contributed by atoms with Gasteiger partial charge in [0.05, 0.1) is 13.7 Å². The lowest BCUT2D eigenvalue weighted by Gasteiger charge is -2.09. The molecule has 0 aliphatic rings. The molecule has 0 saturated heterocycles. The summed E-state index contributed by atoms with van der Waals surface area (Å²) in [6.45, 7) is 0.897. The van der Waals surface area contributed by atoms with Crippen LogP contribution in [-0.4, -0.2) is 33.4 Å². The normalized spacial score (nSPS) is 10.6. The number of hydrogen-bond donors (Lipinski definition) is 1. The van der Waals surface area contributed by atoms with Gasteiger partial charge in [-0.25, -0.2) is 4.79 Å². The van der Waals surface area contributed by atoms with Crippen LogP contribution < -0.4 is 10.5 Å². The molecule has 0 aliphatic carbocycles. The Hall–Kier alpha value is -2.01. The van der Waals surface area contributed by atoms with E-state index in [1.807, 2.05) is 0 Å². The van der Waals surface area contributed by atoms with Gasteiger partial charge in [0.2, 0.25) is 0 Å². The third-order valence-corrected chi connectivity index (χ3v) is 2.18. The number of benzene rings is 1. The Bertz CT molecular complexity index is 429. The van der Waals surface area contributed by atoms with Gasteiger partial charge in [-0.1, -0.05) is 0 Å². The third kappa shape index (κ3) is 4.47. The van der Waals surface area contributed by atoms with E-state index in [1.54, 1.807) is 31.4 Å². The van der Waals surface area contributed by atoms with Gasteiger partial charge in [0.15, 0.2) is 0 Å². The molecule has 2 N–H and O–H groups in total. The van der Waals surface area contributed by atoms with Gasteiger partial charge in [-0.15, -0.1) is 0 Å². The molecule has 0 radical (unpaired) electrons. The molecule has 0 atom stereocenters. The SMILES string of the molecule is COCCOc1cc(N)ccc1C=CC(=O)OC. The van der Waals surface area contributed by atoms with Crippen LogP contribution in [0.5, 0.6) is 5.75 Å². The second kappa shape index (κ2) is 7.34. The van der Waals surface area contributed by atoms with E-state index in [-0.39, 0.29) is 0 Å². The van der Waals surface area contributed by atoms with E-state index in [2.05, 4.69) is 4.74 Å². The van der Waals surface area contributed by atoms with E-state index >= 15 is 0 Å². The van der Waals surface area contributed by atoms with E-state index in [4.69, 9.17) is 15.2 Å². The number of carbonyl (C=O) groups excluding carboxylic acids is 1. The van der Waals surface area contributed by atoms with Crippen molar-refractivity contribution in [1.82, 2.24) is 0 Å². The Labute approximate surface area is 106 Å². The minimum Gasteiger partial charge on any atom is -0.490 e. The van der Waals surface area contributed by atoms with E-state index in [1.165, 1.54) is 13.2 Å². The number of anilines is 1. The molecule has 1 aromatic rings. The molecule has 5 nitrogen and oxygen atoms in total. The highest BCUT2D eigenvalue weighted by molar-refractivity contribution is 5.87. The van der Waals surface area contributed by atoms with E-state index in [9.17, 15) is 4.79 Å². The number of hydrogen-bond acceptors (Lipinski definition) is 5. The first kappa shape index (κ1) is 14.1. The molecule has 0 heterocycles. The van der Waals surface area contributed by atoms with Gasteiger partial charge in [0, 0.05) is 30.5 Å². The van der Waals surface area contributed by atoms with E-state index in [0.717, 1.165) is 5.56 Å². The highest BCUT2D eigenvalue weighted by Crippen LogP contribution is 2.23. The maximum Gasteiger partial charge on any atom is 0.330 e. The molecule has 0 aromatic heterocycles. The molecule has 0 saturated carbocycles. The predicted octanol–water partition coefficient (Wildman–Crippen LogP) is 1.48. The van der Waals surface area contributed by atoms with Crippen molar-refractivity contribution < 1.29 is 19.0 Å². The summed E-state index contributed by atoms with van der Waals surface area (Å²) in [7, 11) is 2.92. The van der Waals surface area contributed by atoms with Gasteiger partial charge < -0.3 is 19.9 Å². The number of methoxy groups -OCH3 is 2. The Morgan fingerprint density at radius 3 is 2.78 bits per heavy atom. The second-order valence-electron chi connectivity index (χ2n) is 3.50. The van der Waals surface area contributed by atoms with Gasteiger partial charge >= 0.3 is 5.97 Å². The molecule has 98 valence electrons. The molecule has 0 aliphatic heterocycles. The molecular weight excluding hydrogens is 234 g/mol. The zero-order valence-electron chi connectivity index (χ0n) is 10.5. The number of carbonyl (C=O) groups is 1. The first-order valence-corrected chi connectivity index (χ1v) is 5.44. The van der Waals surface area contributed by atoms with Crippen LogP contribution in [0.15, 0.2) is 24.3 Å². The zero-order valence-corrected chi connectivity index (χ0v) is 10.5. The summed E-state index contributed by atoms with van der Waals surface area (Å²) in [5.41, 5.74) is 7.04. The van der Waals surface area contributed by atoms with Crippen molar-refractivity contribution >= 4 is 17.7 Å². The molecule has 1 aromatic carbocycles. The predicted molar refractivity (Wildman–Crippen MR) is 69.3 cm³/mol. The summed E-state index contributed by atoms with van der Waals surface area (Å²) in [6, 6.07) is 5.21. The fourth-order valence-electron chi connectivity index (χ4n) is 1.27. The van der Waals surface area contributed by atoms with Crippen molar-refractivity contribution in [2.24, 2.45) is 0 Å². The fourth-order valence-corrected chi connectivity index (χ4v) is 1.27. The molecule has 0 spiro atoms. The van der Waals surface area contributed by atoms with Crippen LogP contribution in [-0.2, 0) is 14.3 Å². The van der Waals surface area contributed by atoms with Crippen LogP contribution in [0.25, 0.3) is 6.08 Å². The quantitative estimate of drug-likeness (QED) is 0.359. The zero-order chi connectivity index (χ0) is 13.4. The smallest absolute Gasteiger partial charge is 0.330 e. The average molecular weight is 251 g/mol. The van der Waals surface area contributed by atoms with E-state index < -0.39 is 5.97 Å². The van der Waals surface area contributed by atoms with Crippen LogP contribution in [0.3, 0.4) is 0 Å². The topological polar surface area (TPSA) is 70.8 Å². The van der Waals surface area contributed by atoms with Crippen LogP contribution >= 0.6 is 0 Å². The van der Waals surface area contributed by atoms with Gasteiger partial charge in [0.1, 0.15) is 12.4 Å². The summed E-state index contributed by atoms with van der Waals surface area (Å²) >= 11 is 0. The average Bonchev–Trinajstić information content (AvgIpc) is 2.37. The highest BCUT2D eigenvalue weighted by atomic mass is 16.5. The van der Waals surface area contributed by atoms with Gasteiger partial charge in [0.25, 0.3) is 0 Å². The van der Waals surface area contributed by atoms with Crippen molar-refractivity contribution in [3.63, 3.8) is 0 Å². The standard InChI is InChI=1S/C13H17NO4/c1-16-7-8-18-12-9-11(14)5-3-10(12)4-6-13(15)17-2/h3-6,9H,7-8,14H2,1-2H3. The number of nitrogens with two attached hydrogens (primary N) is 1. The summed E-state index contributed by atoms with van der Waals surface area (Å²) in [5, 5.41) is 0. The first-order valence-electron chi connectivity index (χ1n) is 5.44. The second-order valence-corrected chi connectivity index (χ2v) is 3.50. The van der Waals surface area contributed by atoms with E-state index in [0.29, 0.717) is 24.7 Å². The fraction of sp³-hybridized carbons (Fsp3) is 0.308. The number of esters is 1. The molecule has 0 bridgehead atoms. The summed E-state index contributed by atoms with van der Waals surface area (Å²) in [6.07, 6.45) is 2.95. The summed E-state index contributed by atoms with van der Waals surface area (Å²) < 4.78 is 14.9. The number of nitrogen functional groups attached to an aromatic ring is 1. The molecular formula is C13H17NO4. The maximum absolute atomic E-state index is 11.0. The lowest BCUT2D eigenvalue weighted by molar-refractivity contribution is -0.134. The summed E-state index contributed by atoms with van der Waals surface area (Å²) in [5.74, 6) is 0.182. The van der Waals surface area contributed by atoms with Gasteiger partial charge in [-0.3, -0.25) is 0 Å². The molecule has 1 rings (SSSR count). The molecule has 5 heteroatoms. The van der Waals surface area contributed by atoms with Gasteiger partial charge in [-0.05, 0) is 18.2 Å². The third-order valence-electron chi connectivity index (χ3n) is 2.18. The Morgan fingerprint density at radius 2 is 2.11 bits per heavy atom. The van der Waals surface area contributed by atoms with Crippen LogP contribution in [0.4, 0.5) is 5.69 Å². The van der Waals surface area contributed by atoms with Crippen LogP contribution in [0, 0.1) is 0 Å². The molecule has 0 unspecified atom stereocenters. The minimum atomic E-state index is -0.422. The molecule has 18 heavy (non-hydrogen) atoms. The molecule has 0 fully saturated rings. The largest absolute Gasteiger partial charge is 0.490 e.